The van der Waals surface area contributed by atoms with Crippen LogP contribution in [0, 0.1) is 0 Å². The van der Waals surface area contributed by atoms with Crippen molar-refractivity contribution < 1.29 is 34.4 Å². The number of amidine groups is 1. The van der Waals surface area contributed by atoms with Gasteiger partial charge in [0.25, 0.3) is 0 Å². The highest BCUT2D eigenvalue weighted by atomic mass is 16.5. The Labute approximate surface area is 186 Å². The number of hydrogen-bond donors (Lipinski definition) is 5. The largest absolute Gasteiger partial charge is 0.493 e. The van der Waals surface area contributed by atoms with Crippen LogP contribution in [0.5, 0.6) is 17.2 Å². The quantitative estimate of drug-likeness (QED) is 0.102. The fourth-order valence-corrected chi connectivity index (χ4v) is 2.93. The molecular formula is C22H29N3O7. The van der Waals surface area contributed by atoms with Crippen molar-refractivity contribution in [2.24, 2.45) is 10.9 Å². The number of nitrogens with two attached hydrogens (primary N) is 1. The van der Waals surface area contributed by atoms with Crippen molar-refractivity contribution in [1.82, 2.24) is 0 Å². The number of rotatable bonds is 13. The standard InChI is InChI=1S/C22H29N3O7/c1-3-30-18-12-16(17(32-11-5-10-26)13-19(18)31-4-2)20(22(27)28)24-15-8-6-14(7-9-15)21(23)25-29/h6-9,12-13,20,24,26,29H,3-5,10-11H2,1-2H3,(H2,23,25)(H,27,28). The lowest BCUT2D eigenvalue weighted by atomic mass is 10.0. The van der Waals surface area contributed by atoms with Crippen molar-refractivity contribution in [2.75, 3.05) is 31.7 Å². The van der Waals surface area contributed by atoms with Gasteiger partial charge in [0.05, 0.1) is 19.8 Å². The first kappa shape index (κ1) is 24.6. The van der Waals surface area contributed by atoms with E-state index in [-0.39, 0.29) is 19.0 Å². The molecule has 0 radical (unpaired) electrons. The molecule has 10 nitrogen and oxygen atoms in total. The lowest BCUT2D eigenvalue weighted by molar-refractivity contribution is -0.138. The van der Waals surface area contributed by atoms with Crippen molar-refractivity contribution in [2.45, 2.75) is 26.3 Å². The molecular weight excluding hydrogens is 418 g/mol. The first-order valence-corrected chi connectivity index (χ1v) is 10.2. The Hall–Kier alpha value is -3.66. The van der Waals surface area contributed by atoms with E-state index in [1.807, 2.05) is 13.8 Å². The van der Waals surface area contributed by atoms with E-state index >= 15 is 0 Å². The molecule has 2 aromatic carbocycles. The summed E-state index contributed by atoms with van der Waals surface area (Å²) < 4.78 is 17.1. The molecule has 0 aliphatic carbocycles. The summed E-state index contributed by atoms with van der Waals surface area (Å²) in [5.74, 6) is -0.0556. The normalized spacial score (nSPS) is 12.2. The van der Waals surface area contributed by atoms with Crippen LogP contribution in [0.2, 0.25) is 0 Å². The maximum atomic E-state index is 12.2. The highest BCUT2D eigenvalue weighted by molar-refractivity contribution is 5.97. The van der Waals surface area contributed by atoms with Crippen LogP contribution >= 0.6 is 0 Å². The lowest BCUT2D eigenvalue weighted by Crippen LogP contribution is -2.22. The summed E-state index contributed by atoms with van der Waals surface area (Å²) in [5.41, 5.74) is 6.89. The number of hydrogen-bond acceptors (Lipinski definition) is 8. The van der Waals surface area contributed by atoms with E-state index in [1.165, 1.54) is 0 Å². The molecule has 0 amide bonds. The van der Waals surface area contributed by atoms with E-state index in [2.05, 4.69) is 10.5 Å². The van der Waals surface area contributed by atoms with Crippen LogP contribution in [0.25, 0.3) is 0 Å². The monoisotopic (exact) mass is 447 g/mol. The number of carboxylic acid groups (broad SMARTS) is 1. The smallest absolute Gasteiger partial charge is 0.330 e. The second-order valence-electron chi connectivity index (χ2n) is 6.61. The van der Waals surface area contributed by atoms with Gasteiger partial charge in [-0.1, -0.05) is 5.16 Å². The Balaban J connectivity index is 2.46. The zero-order valence-electron chi connectivity index (χ0n) is 18.1. The van der Waals surface area contributed by atoms with Gasteiger partial charge in [0.1, 0.15) is 5.75 Å². The predicted molar refractivity (Wildman–Crippen MR) is 119 cm³/mol. The number of carboxylic acids is 1. The number of oxime groups is 1. The summed E-state index contributed by atoms with van der Waals surface area (Å²) in [6, 6.07) is 8.43. The predicted octanol–water partition coefficient (Wildman–Crippen LogP) is 2.58. The van der Waals surface area contributed by atoms with Crippen LogP contribution in [0.1, 0.15) is 37.4 Å². The second-order valence-corrected chi connectivity index (χ2v) is 6.61. The number of anilines is 1. The van der Waals surface area contributed by atoms with Gasteiger partial charge in [0.15, 0.2) is 23.4 Å². The van der Waals surface area contributed by atoms with Crippen LogP contribution in [0.4, 0.5) is 5.69 Å². The van der Waals surface area contributed by atoms with Crippen molar-refractivity contribution in [1.29, 1.82) is 0 Å². The minimum Gasteiger partial charge on any atom is -0.493 e. The number of aliphatic hydroxyl groups is 1. The van der Waals surface area contributed by atoms with E-state index < -0.39 is 12.0 Å². The summed E-state index contributed by atoms with van der Waals surface area (Å²) in [5, 5.41) is 33.7. The summed E-state index contributed by atoms with van der Waals surface area (Å²) in [4.78, 5) is 12.2. The molecule has 174 valence electrons. The molecule has 0 spiro atoms. The van der Waals surface area contributed by atoms with Crippen molar-refractivity contribution in [3.8, 4) is 17.2 Å². The summed E-state index contributed by atoms with van der Waals surface area (Å²) in [6.07, 6.45) is 0.386. The van der Waals surface area contributed by atoms with Crippen LogP contribution < -0.4 is 25.3 Å². The zero-order chi connectivity index (χ0) is 23.5. The van der Waals surface area contributed by atoms with E-state index in [0.29, 0.717) is 53.7 Å². The third-order valence-corrected chi connectivity index (χ3v) is 4.39. The molecule has 10 heteroatoms. The van der Waals surface area contributed by atoms with Crippen molar-refractivity contribution in [3.05, 3.63) is 47.5 Å². The molecule has 0 fully saturated rings. The van der Waals surface area contributed by atoms with Gasteiger partial charge in [-0.3, -0.25) is 0 Å². The molecule has 2 rings (SSSR count). The average molecular weight is 447 g/mol. The van der Waals surface area contributed by atoms with Gasteiger partial charge < -0.3 is 40.7 Å². The van der Waals surface area contributed by atoms with E-state index in [9.17, 15) is 9.90 Å². The maximum Gasteiger partial charge on any atom is 0.330 e. The summed E-state index contributed by atoms with van der Waals surface area (Å²) >= 11 is 0. The van der Waals surface area contributed by atoms with Gasteiger partial charge in [0.2, 0.25) is 0 Å². The molecule has 0 heterocycles. The van der Waals surface area contributed by atoms with Crippen LogP contribution in [-0.2, 0) is 4.79 Å². The third-order valence-electron chi connectivity index (χ3n) is 4.39. The van der Waals surface area contributed by atoms with Gasteiger partial charge in [0, 0.05) is 35.9 Å². The SMILES string of the molecule is CCOc1cc(OCCCO)c(C(Nc2ccc(C(N)=NO)cc2)C(=O)O)cc1OCC. The first-order valence-electron chi connectivity index (χ1n) is 10.2. The van der Waals surface area contributed by atoms with Crippen molar-refractivity contribution in [3.63, 3.8) is 0 Å². The van der Waals surface area contributed by atoms with E-state index in [1.54, 1.807) is 36.4 Å². The molecule has 0 aliphatic rings. The topological polar surface area (TPSA) is 156 Å². The third kappa shape index (κ3) is 6.42. The number of benzene rings is 2. The maximum absolute atomic E-state index is 12.2. The van der Waals surface area contributed by atoms with Crippen LogP contribution in [-0.4, -0.2) is 53.7 Å². The second kappa shape index (κ2) is 12.3. The summed E-state index contributed by atoms with van der Waals surface area (Å²) in [7, 11) is 0. The Morgan fingerprint density at radius 1 is 1.06 bits per heavy atom. The molecule has 0 aromatic heterocycles. The number of aliphatic hydroxyl groups excluding tert-OH is 1. The van der Waals surface area contributed by atoms with Gasteiger partial charge in [-0.15, -0.1) is 0 Å². The molecule has 32 heavy (non-hydrogen) atoms. The minimum absolute atomic E-state index is 0.0567. The average Bonchev–Trinajstić information content (AvgIpc) is 2.79. The molecule has 0 aliphatic heterocycles. The zero-order valence-corrected chi connectivity index (χ0v) is 18.1. The highest BCUT2D eigenvalue weighted by Gasteiger charge is 2.26. The van der Waals surface area contributed by atoms with Crippen LogP contribution in [0.3, 0.4) is 0 Å². The fraction of sp³-hybridized carbons (Fsp3) is 0.364. The number of carbonyl (C=O) groups is 1. The van der Waals surface area contributed by atoms with Crippen molar-refractivity contribution >= 4 is 17.5 Å². The lowest BCUT2D eigenvalue weighted by Gasteiger charge is -2.22. The molecule has 1 atom stereocenters. The molecule has 1 unspecified atom stereocenters. The minimum atomic E-state index is -1.18. The Morgan fingerprint density at radius 2 is 1.69 bits per heavy atom. The van der Waals surface area contributed by atoms with Gasteiger partial charge >= 0.3 is 5.97 Å². The molecule has 0 saturated heterocycles. The number of nitrogens with one attached hydrogen (secondary N) is 1. The Bertz CT molecular complexity index is 916. The Kier molecular flexibility index (Phi) is 9.43. The molecule has 6 N–H and O–H groups in total. The van der Waals surface area contributed by atoms with Gasteiger partial charge in [-0.05, 0) is 44.2 Å². The number of nitrogens with zero attached hydrogens (tertiary/aromatic N) is 1. The fourth-order valence-electron chi connectivity index (χ4n) is 2.93. The molecule has 0 saturated carbocycles. The van der Waals surface area contributed by atoms with Gasteiger partial charge in [-0.2, -0.15) is 0 Å². The summed E-state index contributed by atoms with van der Waals surface area (Å²) in [6.45, 7) is 4.54. The van der Waals surface area contributed by atoms with E-state index in [0.717, 1.165) is 0 Å². The van der Waals surface area contributed by atoms with Gasteiger partial charge in [-0.25, -0.2) is 4.79 Å². The van der Waals surface area contributed by atoms with E-state index in [4.69, 9.17) is 30.3 Å². The molecule has 0 bridgehead atoms. The number of aliphatic carboxylic acids is 1. The Morgan fingerprint density at radius 3 is 2.22 bits per heavy atom. The number of ether oxygens (including phenoxy) is 3. The van der Waals surface area contributed by atoms with Crippen LogP contribution in [0.15, 0.2) is 41.6 Å². The highest BCUT2D eigenvalue weighted by Crippen LogP contribution is 2.39. The first-order chi connectivity index (χ1) is 15.4. The molecule has 2 aromatic rings.